The maximum atomic E-state index is 14.1. The van der Waals surface area contributed by atoms with Crippen molar-refractivity contribution in [3.05, 3.63) is 23.8 Å². The Morgan fingerprint density at radius 1 is 1.17 bits per heavy atom. The number of nitrogens with zero attached hydrogens (tertiary/aromatic N) is 3. The van der Waals surface area contributed by atoms with Gasteiger partial charge in [0.2, 0.25) is 5.91 Å². The summed E-state index contributed by atoms with van der Waals surface area (Å²) in [6, 6.07) is 3.77. The highest BCUT2D eigenvalue weighted by Gasteiger charge is 2.51. The molecule has 0 radical (unpaired) electrons. The predicted octanol–water partition coefficient (Wildman–Crippen LogP) is 4.72. The largest absolute Gasteiger partial charge is 0.465 e. The fourth-order valence-electron chi connectivity index (χ4n) is 6.04. The molecule has 1 atom stereocenters. The van der Waals surface area contributed by atoms with Crippen LogP contribution in [-0.4, -0.2) is 65.4 Å². The van der Waals surface area contributed by atoms with Gasteiger partial charge in [-0.05, 0) is 69.6 Å². The Bertz CT molecular complexity index is 948. The van der Waals surface area contributed by atoms with E-state index in [1.54, 1.807) is 11.8 Å². The van der Waals surface area contributed by atoms with Gasteiger partial charge in [0.1, 0.15) is 0 Å². The van der Waals surface area contributed by atoms with E-state index in [4.69, 9.17) is 0 Å². The predicted molar refractivity (Wildman–Crippen MR) is 126 cm³/mol. The van der Waals surface area contributed by atoms with Crippen LogP contribution in [0.4, 0.5) is 29.3 Å². The van der Waals surface area contributed by atoms with E-state index in [2.05, 4.69) is 0 Å². The third-order valence-electron chi connectivity index (χ3n) is 7.85. The summed E-state index contributed by atoms with van der Waals surface area (Å²) in [5, 5.41) is 19.3. The number of aliphatic hydroxyl groups is 1. The lowest BCUT2D eigenvalue weighted by atomic mass is 9.78. The number of carbonyl (C=O) groups excluding carboxylic acids is 1. The minimum atomic E-state index is -4.67. The zero-order valence-electron chi connectivity index (χ0n) is 20.1. The van der Waals surface area contributed by atoms with E-state index in [1.807, 2.05) is 4.90 Å². The molecule has 35 heavy (non-hydrogen) atoms. The van der Waals surface area contributed by atoms with Crippen LogP contribution in [0.1, 0.15) is 63.9 Å². The Morgan fingerprint density at radius 2 is 1.89 bits per heavy atom. The quantitative estimate of drug-likeness (QED) is 0.615. The molecular formula is C25H34F3N3O4. The average Bonchev–Trinajstić information content (AvgIpc) is 3.12. The molecule has 0 aromatic heterocycles. The summed E-state index contributed by atoms with van der Waals surface area (Å²) in [5.41, 5.74) is -1.59. The molecule has 2 amide bonds. The van der Waals surface area contributed by atoms with Gasteiger partial charge in [-0.2, -0.15) is 13.2 Å². The van der Waals surface area contributed by atoms with Gasteiger partial charge in [0.05, 0.1) is 17.1 Å². The molecular weight excluding hydrogens is 463 g/mol. The monoisotopic (exact) mass is 497 g/mol. The van der Waals surface area contributed by atoms with Crippen LogP contribution in [0.2, 0.25) is 0 Å². The van der Waals surface area contributed by atoms with E-state index >= 15 is 0 Å². The Hall–Kier alpha value is -2.49. The minimum absolute atomic E-state index is 0.00537. The number of amides is 2. The van der Waals surface area contributed by atoms with Crippen LogP contribution in [-0.2, 0) is 11.0 Å². The number of aliphatic hydroxyl groups excluding tert-OH is 1. The van der Waals surface area contributed by atoms with Crippen molar-refractivity contribution in [3.63, 3.8) is 0 Å². The Labute approximate surface area is 203 Å². The number of carbonyl (C=O) groups is 2. The summed E-state index contributed by atoms with van der Waals surface area (Å²) in [7, 11) is 0. The van der Waals surface area contributed by atoms with E-state index in [-0.39, 0.29) is 42.5 Å². The third-order valence-corrected chi connectivity index (χ3v) is 7.85. The molecule has 1 spiro atoms. The van der Waals surface area contributed by atoms with Crippen molar-refractivity contribution in [2.45, 2.75) is 76.6 Å². The molecule has 7 nitrogen and oxygen atoms in total. The van der Waals surface area contributed by atoms with Crippen molar-refractivity contribution in [2.75, 3.05) is 36.0 Å². The Kier molecular flexibility index (Phi) is 7.22. The van der Waals surface area contributed by atoms with Crippen LogP contribution in [0.3, 0.4) is 0 Å². The summed E-state index contributed by atoms with van der Waals surface area (Å²) in [5.74, 6) is 0.0220. The molecule has 0 bridgehead atoms. The number of hydrogen-bond acceptors (Lipinski definition) is 4. The molecule has 194 valence electrons. The van der Waals surface area contributed by atoms with Crippen molar-refractivity contribution >= 4 is 23.4 Å². The second-order valence-electron chi connectivity index (χ2n) is 10.1. The lowest BCUT2D eigenvalue weighted by Gasteiger charge is -2.42. The Balaban J connectivity index is 1.59. The molecule has 2 N–H and O–H groups in total. The van der Waals surface area contributed by atoms with Gasteiger partial charge in [-0.1, -0.05) is 6.92 Å². The first-order chi connectivity index (χ1) is 16.6. The van der Waals surface area contributed by atoms with Gasteiger partial charge in [0.25, 0.3) is 0 Å². The number of piperidine rings is 1. The number of alkyl halides is 3. The number of rotatable bonds is 5. The second kappa shape index (κ2) is 9.87. The lowest BCUT2D eigenvalue weighted by molar-refractivity contribution is -0.139. The highest BCUT2D eigenvalue weighted by Crippen LogP contribution is 2.46. The van der Waals surface area contributed by atoms with E-state index in [9.17, 15) is 33.0 Å². The molecule has 0 unspecified atom stereocenters. The van der Waals surface area contributed by atoms with Crippen molar-refractivity contribution in [3.8, 4) is 0 Å². The maximum Gasteiger partial charge on any atom is 0.418 e. The summed E-state index contributed by atoms with van der Waals surface area (Å²) < 4.78 is 42.4. The molecule has 1 saturated carbocycles. The molecule has 2 aliphatic heterocycles. The molecule has 3 aliphatic rings. The number of benzene rings is 1. The summed E-state index contributed by atoms with van der Waals surface area (Å²) in [6.45, 7) is 3.09. The minimum Gasteiger partial charge on any atom is -0.465 e. The number of hydrogen-bond donors (Lipinski definition) is 2. The number of carboxylic acid groups (broad SMARTS) is 1. The third kappa shape index (κ3) is 5.08. The number of anilines is 2. The van der Waals surface area contributed by atoms with Crippen LogP contribution in [0.15, 0.2) is 18.2 Å². The van der Waals surface area contributed by atoms with E-state index in [0.717, 1.165) is 23.8 Å². The first-order valence-electron chi connectivity index (χ1n) is 12.5. The Morgan fingerprint density at radius 3 is 2.51 bits per heavy atom. The molecule has 2 heterocycles. The molecule has 10 heteroatoms. The molecule has 1 aromatic carbocycles. The van der Waals surface area contributed by atoms with E-state index < -0.39 is 23.2 Å². The fourth-order valence-corrected chi connectivity index (χ4v) is 6.04. The van der Waals surface area contributed by atoms with E-state index in [0.29, 0.717) is 51.6 Å². The normalized spacial score (nSPS) is 27.5. The van der Waals surface area contributed by atoms with Gasteiger partial charge in [-0.25, -0.2) is 4.79 Å². The SMILES string of the molecule is CCCN(C(=O)O)c1ccc(N2CCC[C@]3(CCN(C4CCC(O)CC4)C3=O)C2)c(C(F)(F)F)c1. The van der Waals surface area contributed by atoms with Gasteiger partial charge in [0, 0.05) is 43.6 Å². The van der Waals surface area contributed by atoms with Crippen molar-refractivity contribution in [1.29, 1.82) is 0 Å². The van der Waals surface area contributed by atoms with Gasteiger partial charge >= 0.3 is 12.3 Å². The van der Waals surface area contributed by atoms with Crippen LogP contribution in [0.25, 0.3) is 0 Å². The topological polar surface area (TPSA) is 84.3 Å². The molecule has 1 aromatic rings. The maximum absolute atomic E-state index is 14.1. The van der Waals surface area contributed by atoms with Gasteiger partial charge in [0.15, 0.2) is 0 Å². The standard InChI is InChI=1S/C25H34F3N3O4/c1-2-12-31(23(34)35)18-6-9-21(20(15-18)25(26,27)28)29-13-3-10-24(16-29)11-14-30(22(24)33)17-4-7-19(32)8-5-17/h6,9,15,17,19,32H,2-5,7-8,10-14,16H2,1H3,(H,34,35)/t17?,19?,24-/m0/s1. The van der Waals surface area contributed by atoms with Crippen molar-refractivity contribution in [1.82, 2.24) is 4.90 Å². The average molecular weight is 498 g/mol. The first-order valence-corrected chi connectivity index (χ1v) is 12.5. The van der Waals surface area contributed by atoms with Gasteiger partial charge < -0.3 is 20.0 Å². The number of halogens is 3. The van der Waals surface area contributed by atoms with Crippen molar-refractivity contribution in [2.24, 2.45) is 5.41 Å². The van der Waals surface area contributed by atoms with E-state index in [1.165, 1.54) is 12.1 Å². The zero-order valence-corrected chi connectivity index (χ0v) is 20.1. The highest BCUT2D eigenvalue weighted by atomic mass is 19.4. The van der Waals surface area contributed by atoms with Crippen LogP contribution in [0.5, 0.6) is 0 Å². The number of likely N-dealkylation sites (tertiary alicyclic amines) is 1. The zero-order chi connectivity index (χ0) is 25.4. The van der Waals surface area contributed by atoms with Crippen LogP contribution in [0, 0.1) is 5.41 Å². The first kappa shape index (κ1) is 25.6. The van der Waals surface area contributed by atoms with Gasteiger partial charge in [-0.3, -0.25) is 9.69 Å². The second-order valence-corrected chi connectivity index (χ2v) is 10.1. The smallest absolute Gasteiger partial charge is 0.418 e. The summed E-state index contributed by atoms with van der Waals surface area (Å²) >= 11 is 0. The van der Waals surface area contributed by atoms with Crippen LogP contribution < -0.4 is 9.80 Å². The molecule has 2 saturated heterocycles. The van der Waals surface area contributed by atoms with Crippen molar-refractivity contribution < 1.29 is 33.0 Å². The highest BCUT2D eigenvalue weighted by molar-refractivity contribution is 5.88. The van der Waals surface area contributed by atoms with Gasteiger partial charge in [-0.15, -0.1) is 0 Å². The molecule has 1 aliphatic carbocycles. The van der Waals surface area contributed by atoms with Crippen LogP contribution >= 0.6 is 0 Å². The molecule has 4 rings (SSSR count). The molecule has 3 fully saturated rings. The summed E-state index contributed by atoms with van der Waals surface area (Å²) in [6.07, 6.45) is -1.09. The fraction of sp³-hybridized carbons (Fsp3) is 0.680. The summed E-state index contributed by atoms with van der Waals surface area (Å²) in [4.78, 5) is 29.6. The lowest BCUT2D eigenvalue weighted by Crippen LogP contribution is -2.50.